The van der Waals surface area contributed by atoms with E-state index in [1.54, 1.807) is 0 Å². The summed E-state index contributed by atoms with van der Waals surface area (Å²) in [7, 11) is -3.10. The minimum atomic E-state index is -1.89. The molecule has 3 atom stereocenters. The van der Waals surface area contributed by atoms with Crippen LogP contribution in [-0.4, -0.2) is 70.5 Å². The molecule has 7 nitrogen and oxygen atoms in total. The molecule has 3 rings (SSSR count). The van der Waals surface area contributed by atoms with Crippen LogP contribution in [0.15, 0.2) is 36.4 Å². The van der Waals surface area contributed by atoms with E-state index in [2.05, 4.69) is 81.6 Å². The quantitative estimate of drug-likeness (QED) is 0.213. The van der Waals surface area contributed by atoms with Gasteiger partial charge in [-0.1, -0.05) is 64.7 Å². The number of carbonyl (C=O) groups excluding carboxylic acids is 1. The molecule has 40 heavy (non-hydrogen) atoms. The number of carbonyl (C=O) groups is 1. The van der Waals surface area contributed by atoms with Gasteiger partial charge in [0.15, 0.2) is 8.32 Å². The summed E-state index contributed by atoms with van der Waals surface area (Å²) in [6, 6.07) is 11.4. The molecule has 9 heteroatoms. The number of rotatable bonds is 13. The Morgan fingerprint density at radius 1 is 1.12 bits per heavy atom. The molecule has 224 valence electrons. The molecule has 1 aliphatic carbocycles. The van der Waals surface area contributed by atoms with Crippen LogP contribution in [0.4, 0.5) is 0 Å². The third-order valence-corrected chi connectivity index (χ3v) is 14.5. The Balaban J connectivity index is 1.84. The second kappa shape index (κ2) is 13.5. The first-order chi connectivity index (χ1) is 18.6. The SMILES string of the molecule is CCO[C@@H]1C[C@@H](O)C(c2cc3ccccc3n2COCC[Si](C)(C)C)=CC1C(=O)NCCO[Si](C)(C)C(C)(C)C. The molecule has 2 N–H and O–H groups in total. The number of aliphatic hydroxyl groups is 1. The molecule has 1 aliphatic rings. The number of para-hydroxylation sites is 1. The highest BCUT2D eigenvalue weighted by Crippen LogP contribution is 2.37. The van der Waals surface area contributed by atoms with Crippen LogP contribution in [0.3, 0.4) is 0 Å². The van der Waals surface area contributed by atoms with Crippen LogP contribution in [0, 0.1) is 5.92 Å². The highest BCUT2D eigenvalue weighted by Gasteiger charge is 2.38. The normalized spacial score (nSPS) is 20.6. The van der Waals surface area contributed by atoms with E-state index in [0.717, 1.165) is 28.2 Å². The van der Waals surface area contributed by atoms with E-state index in [9.17, 15) is 9.90 Å². The maximum absolute atomic E-state index is 13.5. The van der Waals surface area contributed by atoms with Crippen LogP contribution < -0.4 is 5.32 Å². The Morgan fingerprint density at radius 2 is 1.82 bits per heavy atom. The number of aromatic nitrogens is 1. The number of benzene rings is 1. The van der Waals surface area contributed by atoms with Crippen LogP contribution in [0.25, 0.3) is 16.5 Å². The lowest BCUT2D eigenvalue weighted by atomic mass is 9.83. The summed E-state index contributed by atoms with van der Waals surface area (Å²) in [6.45, 7) is 22.5. The molecule has 1 unspecified atom stereocenters. The van der Waals surface area contributed by atoms with Crippen LogP contribution in [0.2, 0.25) is 43.8 Å². The van der Waals surface area contributed by atoms with Gasteiger partial charge in [-0.05, 0) is 43.2 Å². The van der Waals surface area contributed by atoms with Gasteiger partial charge in [-0.2, -0.15) is 0 Å². The number of ether oxygens (including phenoxy) is 2. The molecule has 1 aromatic heterocycles. The molecule has 2 aromatic rings. The summed E-state index contributed by atoms with van der Waals surface area (Å²) in [5, 5.41) is 15.6. The highest BCUT2D eigenvalue weighted by atomic mass is 28.4. The molecule has 0 fully saturated rings. The zero-order valence-electron chi connectivity index (χ0n) is 26.2. The fourth-order valence-corrected chi connectivity index (χ4v) is 6.53. The second-order valence-electron chi connectivity index (χ2n) is 13.7. The Hall–Kier alpha value is -1.76. The van der Waals surface area contributed by atoms with Gasteiger partial charge in [0.05, 0.1) is 30.2 Å². The van der Waals surface area contributed by atoms with Gasteiger partial charge in [0, 0.05) is 50.9 Å². The fraction of sp³-hybridized carbons (Fsp3) is 0.645. The third-order valence-electron chi connectivity index (χ3n) is 8.25. The van der Waals surface area contributed by atoms with E-state index >= 15 is 0 Å². The van der Waals surface area contributed by atoms with E-state index in [1.165, 1.54) is 0 Å². The predicted molar refractivity (Wildman–Crippen MR) is 170 cm³/mol. The lowest BCUT2D eigenvalue weighted by Gasteiger charge is -2.36. The van der Waals surface area contributed by atoms with Crippen molar-refractivity contribution in [1.29, 1.82) is 0 Å². The Kier molecular flexibility index (Phi) is 11.0. The van der Waals surface area contributed by atoms with E-state index in [-0.39, 0.29) is 10.9 Å². The van der Waals surface area contributed by atoms with E-state index in [4.69, 9.17) is 13.9 Å². The Labute approximate surface area is 243 Å². The number of aliphatic hydroxyl groups excluding tert-OH is 1. The third kappa shape index (κ3) is 8.39. The molecule has 0 aliphatic heterocycles. The Morgan fingerprint density at radius 3 is 2.48 bits per heavy atom. The van der Waals surface area contributed by atoms with Crippen molar-refractivity contribution in [3.8, 4) is 0 Å². The van der Waals surface area contributed by atoms with Crippen molar-refractivity contribution in [3.63, 3.8) is 0 Å². The van der Waals surface area contributed by atoms with Crippen molar-refractivity contribution >= 4 is 38.8 Å². The average molecular weight is 589 g/mol. The molecule has 1 amide bonds. The van der Waals surface area contributed by atoms with Crippen LogP contribution in [0.1, 0.15) is 39.8 Å². The molecular formula is C31H52N2O5Si2. The maximum Gasteiger partial charge on any atom is 0.229 e. The van der Waals surface area contributed by atoms with Gasteiger partial charge in [0.1, 0.15) is 6.73 Å². The minimum absolute atomic E-state index is 0.101. The van der Waals surface area contributed by atoms with Crippen molar-refractivity contribution < 1.29 is 23.8 Å². The smallest absolute Gasteiger partial charge is 0.229 e. The molecule has 0 saturated carbocycles. The molecule has 1 aromatic carbocycles. The van der Waals surface area contributed by atoms with E-state index in [1.807, 2.05) is 25.1 Å². The molecule has 0 spiro atoms. The summed E-state index contributed by atoms with van der Waals surface area (Å²) in [5.74, 6) is -0.610. The zero-order valence-corrected chi connectivity index (χ0v) is 28.2. The monoisotopic (exact) mass is 588 g/mol. The number of nitrogens with zero attached hydrogens (tertiary/aromatic N) is 1. The molecule has 1 heterocycles. The maximum atomic E-state index is 13.5. The van der Waals surface area contributed by atoms with Gasteiger partial charge in [-0.15, -0.1) is 0 Å². The first kappa shape index (κ1) is 32.8. The van der Waals surface area contributed by atoms with Gasteiger partial charge in [0.25, 0.3) is 0 Å². The van der Waals surface area contributed by atoms with Gasteiger partial charge < -0.3 is 28.9 Å². The predicted octanol–water partition coefficient (Wildman–Crippen LogP) is 6.26. The first-order valence-electron chi connectivity index (χ1n) is 14.7. The average Bonchev–Trinajstić information content (AvgIpc) is 3.21. The second-order valence-corrected chi connectivity index (χ2v) is 24.1. The van der Waals surface area contributed by atoms with Crippen molar-refractivity contribution in [1.82, 2.24) is 9.88 Å². The number of hydrogen-bond donors (Lipinski definition) is 2. The summed E-state index contributed by atoms with van der Waals surface area (Å²) in [6.07, 6.45) is 1.13. The number of nitrogens with one attached hydrogen (secondary N) is 1. The molecular weight excluding hydrogens is 537 g/mol. The van der Waals surface area contributed by atoms with E-state index in [0.29, 0.717) is 39.5 Å². The van der Waals surface area contributed by atoms with Crippen LogP contribution in [0.5, 0.6) is 0 Å². The number of amides is 1. The van der Waals surface area contributed by atoms with E-state index < -0.39 is 34.5 Å². The molecule has 0 radical (unpaired) electrons. The standard InChI is InChI=1S/C31H52N2O5Si2/c1-10-37-29-21-28(34)24(20-25(29)30(35)32-15-16-38-40(8,9)31(2,3)4)27-19-23-13-11-12-14-26(23)33(27)22-36-17-18-39(5,6)7/h11-14,19-20,25,28-29,34H,10,15-18,21-22H2,1-9H3,(H,32,35)/t25?,28-,29-/m1/s1. The Bertz CT molecular complexity index is 1160. The first-order valence-corrected chi connectivity index (χ1v) is 21.4. The summed E-state index contributed by atoms with van der Waals surface area (Å²) in [5.41, 5.74) is 2.68. The van der Waals surface area contributed by atoms with Crippen molar-refractivity contribution in [2.75, 3.05) is 26.4 Å². The highest BCUT2D eigenvalue weighted by molar-refractivity contribution is 6.76. The van der Waals surface area contributed by atoms with Crippen molar-refractivity contribution in [2.45, 2.75) is 96.9 Å². The summed E-state index contributed by atoms with van der Waals surface area (Å²) in [4.78, 5) is 13.5. The largest absolute Gasteiger partial charge is 0.415 e. The van der Waals surface area contributed by atoms with Gasteiger partial charge >= 0.3 is 0 Å². The zero-order chi connectivity index (χ0) is 29.7. The van der Waals surface area contributed by atoms with Crippen LogP contribution >= 0.6 is 0 Å². The molecule has 0 saturated heterocycles. The topological polar surface area (TPSA) is 82.0 Å². The number of fused-ring (bicyclic) bond motifs is 1. The number of hydrogen-bond acceptors (Lipinski definition) is 5. The molecule has 0 bridgehead atoms. The van der Waals surface area contributed by atoms with Gasteiger partial charge in [-0.25, -0.2) is 0 Å². The van der Waals surface area contributed by atoms with Crippen molar-refractivity contribution in [2.24, 2.45) is 5.92 Å². The van der Waals surface area contributed by atoms with Crippen molar-refractivity contribution in [3.05, 3.63) is 42.1 Å². The summed E-state index contributed by atoms with van der Waals surface area (Å²) < 4.78 is 20.5. The fourth-order valence-electron chi connectivity index (χ4n) is 4.73. The van der Waals surface area contributed by atoms with Gasteiger partial charge in [-0.3, -0.25) is 4.79 Å². The lowest BCUT2D eigenvalue weighted by Crippen LogP contribution is -2.45. The summed E-state index contributed by atoms with van der Waals surface area (Å²) >= 11 is 0. The van der Waals surface area contributed by atoms with Crippen LogP contribution in [-0.2, 0) is 25.4 Å². The lowest BCUT2D eigenvalue weighted by molar-refractivity contribution is -0.129. The minimum Gasteiger partial charge on any atom is -0.415 e. The van der Waals surface area contributed by atoms with Gasteiger partial charge in [0.2, 0.25) is 5.91 Å².